The highest BCUT2D eigenvalue weighted by molar-refractivity contribution is 5.86. The van der Waals surface area contributed by atoms with Crippen LogP contribution in [0.2, 0.25) is 0 Å². The Balaban J connectivity index is 1.75. The van der Waals surface area contributed by atoms with Gasteiger partial charge in [-0.15, -0.1) is 0 Å². The molecule has 0 aromatic carbocycles. The van der Waals surface area contributed by atoms with Crippen LogP contribution in [-0.4, -0.2) is 5.78 Å². The van der Waals surface area contributed by atoms with Crippen molar-refractivity contribution in [3.63, 3.8) is 0 Å². The summed E-state index contributed by atoms with van der Waals surface area (Å²) in [6.45, 7) is 4.13. The summed E-state index contributed by atoms with van der Waals surface area (Å²) in [5.41, 5.74) is -0.128. The van der Waals surface area contributed by atoms with E-state index in [1.807, 2.05) is 0 Å². The molecule has 0 N–H and O–H groups in total. The van der Waals surface area contributed by atoms with Gasteiger partial charge in [0.1, 0.15) is 5.78 Å². The van der Waals surface area contributed by atoms with Gasteiger partial charge in [-0.25, -0.2) is 0 Å². The minimum atomic E-state index is -0.144. The summed E-state index contributed by atoms with van der Waals surface area (Å²) >= 11 is 0. The number of hydrogen-bond acceptors (Lipinski definition) is 2. The van der Waals surface area contributed by atoms with E-state index in [2.05, 4.69) is 19.9 Å². The van der Waals surface area contributed by atoms with Crippen LogP contribution in [0, 0.1) is 39.9 Å². The Bertz CT molecular complexity index is 394. The van der Waals surface area contributed by atoms with Crippen LogP contribution >= 0.6 is 0 Å². The number of carbonyl (C=O) groups is 1. The normalized spacial score (nSPS) is 40.2. The van der Waals surface area contributed by atoms with E-state index in [0.29, 0.717) is 18.6 Å². The van der Waals surface area contributed by atoms with Crippen LogP contribution in [-0.2, 0) is 4.79 Å². The third-order valence-electron chi connectivity index (χ3n) is 5.83. The highest BCUT2D eigenvalue weighted by Crippen LogP contribution is 2.61. The van der Waals surface area contributed by atoms with Gasteiger partial charge in [0.25, 0.3) is 0 Å². The van der Waals surface area contributed by atoms with Gasteiger partial charge in [-0.2, -0.15) is 5.26 Å². The fraction of sp³-hybridized carbons (Fsp3) is 0.882. The van der Waals surface area contributed by atoms with Crippen molar-refractivity contribution >= 4 is 5.78 Å². The molecule has 4 aliphatic carbocycles. The van der Waals surface area contributed by atoms with Gasteiger partial charge >= 0.3 is 0 Å². The molecule has 4 saturated carbocycles. The second kappa shape index (κ2) is 4.33. The highest BCUT2D eigenvalue weighted by Gasteiger charge is 2.54. The highest BCUT2D eigenvalue weighted by atomic mass is 16.1. The van der Waals surface area contributed by atoms with Gasteiger partial charge in [0.15, 0.2) is 0 Å². The lowest BCUT2D eigenvalue weighted by atomic mass is 9.48. The second-order valence-corrected chi connectivity index (χ2v) is 8.30. The Labute approximate surface area is 116 Å². The van der Waals surface area contributed by atoms with Gasteiger partial charge in [0.2, 0.25) is 0 Å². The lowest BCUT2D eigenvalue weighted by molar-refractivity contribution is -0.145. The van der Waals surface area contributed by atoms with E-state index in [0.717, 1.165) is 37.0 Å². The van der Waals surface area contributed by atoms with Crippen molar-refractivity contribution in [2.45, 2.75) is 65.2 Å². The standard InChI is InChI=1S/C17H25NO/c1-16(2,3-4-18)11-15(19)17-8-12-5-13(9-17)7-14(6-12)10-17/h12-14H,3,5-11H2,1-2H3. The summed E-state index contributed by atoms with van der Waals surface area (Å²) in [6.07, 6.45) is 8.70. The van der Waals surface area contributed by atoms with Gasteiger partial charge in [0, 0.05) is 18.3 Å². The Hall–Kier alpha value is -0.840. The molecule has 4 rings (SSSR count). The summed E-state index contributed by atoms with van der Waals surface area (Å²) in [4.78, 5) is 12.9. The first-order valence-corrected chi connectivity index (χ1v) is 7.83. The van der Waals surface area contributed by atoms with Gasteiger partial charge in [-0.1, -0.05) is 13.8 Å². The SMILES string of the molecule is CC(C)(CC#N)CC(=O)C12CC3CC(CC(C3)C1)C2. The van der Waals surface area contributed by atoms with E-state index in [9.17, 15) is 4.79 Å². The molecule has 0 aliphatic heterocycles. The van der Waals surface area contributed by atoms with Crippen molar-refractivity contribution in [1.29, 1.82) is 5.26 Å². The summed E-state index contributed by atoms with van der Waals surface area (Å²) in [5.74, 6) is 2.96. The summed E-state index contributed by atoms with van der Waals surface area (Å²) in [5, 5.41) is 8.89. The number of nitriles is 1. The average Bonchev–Trinajstić information content (AvgIpc) is 2.25. The molecule has 0 saturated heterocycles. The minimum Gasteiger partial charge on any atom is -0.299 e. The average molecular weight is 259 g/mol. The number of carbonyl (C=O) groups excluding carboxylic acids is 1. The van der Waals surface area contributed by atoms with E-state index >= 15 is 0 Å². The number of hydrogen-bond donors (Lipinski definition) is 0. The Kier molecular flexibility index (Phi) is 3.00. The fourth-order valence-electron chi connectivity index (χ4n) is 5.35. The number of rotatable bonds is 4. The van der Waals surface area contributed by atoms with Crippen LogP contribution in [0.25, 0.3) is 0 Å². The van der Waals surface area contributed by atoms with Crippen LogP contribution in [0.4, 0.5) is 0 Å². The molecule has 4 aliphatic rings. The zero-order valence-electron chi connectivity index (χ0n) is 12.2. The monoisotopic (exact) mass is 259 g/mol. The van der Waals surface area contributed by atoms with E-state index in [-0.39, 0.29) is 10.8 Å². The first-order chi connectivity index (χ1) is 8.92. The maximum Gasteiger partial charge on any atom is 0.139 e. The molecule has 0 aromatic heterocycles. The molecule has 104 valence electrons. The topological polar surface area (TPSA) is 40.9 Å². The van der Waals surface area contributed by atoms with Crippen molar-refractivity contribution in [3.8, 4) is 6.07 Å². The van der Waals surface area contributed by atoms with Crippen molar-refractivity contribution in [2.75, 3.05) is 0 Å². The quantitative estimate of drug-likeness (QED) is 0.762. The van der Waals surface area contributed by atoms with Crippen LogP contribution in [0.3, 0.4) is 0 Å². The Morgan fingerprint density at radius 1 is 1.16 bits per heavy atom. The van der Waals surface area contributed by atoms with E-state index < -0.39 is 0 Å². The van der Waals surface area contributed by atoms with E-state index in [4.69, 9.17) is 5.26 Å². The Morgan fingerprint density at radius 2 is 1.63 bits per heavy atom. The smallest absolute Gasteiger partial charge is 0.139 e. The minimum absolute atomic E-state index is 0.0154. The van der Waals surface area contributed by atoms with Crippen LogP contribution < -0.4 is 0 Å². The molecule has 0 amide bonds. The molecule has 0 unspecified atom stereocenters. The van der Waals surface area contributed by atoms with E-state index in [1.165, 1.54) is 19.3 Å². The third-order valence-corrected chi connectivity index (χ3v) is 5.83. The van der Waals surface area contributed by atoms with Crippen molar-refractivity contribution < 1.29 is 4.79 Å². The summed E-state index contributed by atoms with van der Waals surface area (Å²) < 4.78 is 0. The molecule has 19 heavy (non-hydrogen) atoms. The number of ketones is 1. The zero-order valence-corrected chi connectivity index (χ0v) is 12.2. The third kappa shape index (κ3) is 2.33. The zero-order chi connectivity index (χ0) is 13.7. The molecular weight excluding hydrogens is 234 g/mol. The summed E-state index contributed by atoms with van der Waals surface area (Å²) in [6, 6.07) is 2.23. The van der Waals surface area contributed by atoms with Crippen molar-refractivity contribution in [3.05, 3.63) is 0 Å². The van der Waals surface area contributed by atoms with Gasteiger partial charge in [-0.3, -0.25) is 4.79 Å². The lowest BCUT2D eigenvalue weighted by Gasteiger charge is -2.56. The fourth-order valence-corrected chi connectivity index (χ4v) is 5.35. The number of Topliss-reactive ketones (excluding diaryl/α,β-unsaturated/α-hetero) is 1. The van der Waals surface area contributed by atoms with Crippen LogP contribution in [0.1, 0.15) is 65.2 Å². The number of nitrogens with zero attached hydrogens (tertiary/aromatic N) is 1. The van der Waals surface area contributed by atoms with Gasteiger partial charge in [0.05, 0.1) is 6.07 Å². The predicted octanol–water partition coefficient (Wildman–Crippen LogP) is 4.10. The first-order valence-electron chi connectivity index (χ1n) is 7.83. The molecule has 4 fully saturated rings. The van der Waals surface area contributed by atoms with Crippen LogP contribution in [0.15, 0.2) is 0 Å². The Morgan fingerprint density at radius 3 is 2.05 bits per heavy atom. The second-order valence-electron chi connectivity index (χ2n) is 8.30. The molecule has 0 spiro atoms. The van der Waals surface area contributed by atoms with Gasteiger partial charge in [-0.05, 0) is 61.7 Å². The largest absolute Gasteiger partial charge is 0.299 e. The molecule has 2 nitrogen and oxygen atoms in total. The lowest BCUT2D eigenvalue weighted by Crippen LogP contribution is -2.50. The summed E-state index contributed by atoms with van der Waals surface area (Å²) in [7, 11) is 0. The van der Waals surface area contributed by atoms with Crippen LogP contribution in [0.5, 0.6) is 0 Å². The van der Waals surface area contributed by atoms with Crippen molar-refractivity contribution in [2.24, 2.45) is 28.6 Å². The maximum atomic E-state index is 12.9. The molecule has 0 radical (unpaired) electrons. The molecule has 4 bridgehead atoms. The molecule has 0 aromatic rings. The molecular formula is C17H25NO. The maximum absolute atomic E-state index is 12.9. The van der Waals surface area contributed by atoms with Gasteiger partial charge < -0.3 is 0 Å². The molecule has 0 heterocycles. The predicted molar refractivity (Wildman–Crippen MR) is 74.2 cm³/mol. The van der Waals surface area contributed by atoms with Crippen molar-refractivity contribution in [1.82, 2.24) is 0 Å². The van der Waals surface area contributed by atoms with E-state index in [1.54, 1.807) is 0 Å². The molecule has 2 heteroatoms. The molecule has 0 atom stereocenters. The first kappa shape index (κ1) is 13.2.